The van der Waals surface area contributed by atoms with Crippen LogP contribution in [-0.2, 0) is 0 Å². The Balaban J connectivity index is 2.13. The molecule has 2 aliphatic carbocycles. The molecule has 2 N–H and O–H groups in total. The third kappa shape index (κ3) is 0.786. The van der Waals surface area contributed by atoms with Gasteiger partial charge in [0.1, 0.15) is 0 Å². The van der Waals surface area contributed by atoms with Crippen LogP contribution >= 0.6 is 11.6 Å². The summed E-state index contributed by atoms with van der Waals surface area (Å²) in [5, 5.41) is 0.402. The van der Waals surface area contributed by atoms with Crippen molar-refractivity contribution in [3.8, 4) is 0 Å². The molecule has 0 aliphatic heterocycles. The topological polar surface area (TPSA) is 26.0 Å². The molecule has 4 atom stereocenters. The molecular formula is C7H12ClN. The van der Waals surface area contributed by atoms with E-state index in [1.165, 1.54) is 19.3 Å². The summed E-state index contributed by atoms with van der Waals surface area (Å²) in [5.74, 6) is 1.52. The molecule has 2 heteroatoms. The van der Waals surface area contributed by atoms with Gasteiger partial charge in [0.25, 0.3) is 0 Å². The number of hydrogen-bond acceptors (Lipinski definition) is 1. The van der Waals surface area contributed by atoms with Crippen molar-refractivity contribution in [3.05, 3.63) is 0 Å². The molecule has 0 aromatic rings. The smallest absolute Gasteiger partial charge is 0.0381 e. The van der Waals surface area contributed by atoms with E-state index in [2.05, 4.69) is 0 Å². The Labute approximate surface area is 60.6 Å². The molecule has 52 valence electrons. The van der Waals surface area contributed by atoms with E-state index < -0.39 is 0 Å². The summed E-state index contributed by atoms with van der Waals surface area (Å²) in [6, 6.07) is 0.422. The van der Waals surface area contributed by atoms with Crippen LogP contribution in [-0.4, -0.2) is 11.4 Å². The minimum atomic E-state index is 0.402. The van der Waals surface area contributed by atoms with Crippen LogP contribution in [0.3, 0.4) is 0 Å². The van der Waals surface area contributed by atoms with E-state index in [-0.39, 0.29) is 0 Å². The lowest BCUT2D eigenvalue weighted by Gasteiger charge is -2.21. The normalized spacial score (nSPS) is 56.7. The molecule has 0 amide bonds. The van der Waals surface area contributed by atoms with Crippen LogP contribution < -0.4 is 5.73 Å². The molecule has 0 spiro atoms. The second kappa shape index (κ2) is 1.86. The quantitative estimate of drug-likeness (QED) is 0.512. The number of nitrogens with two attached hydrogens (primary N) is 1. The van der Waals surface area contributed by atoms with Crippen molar-refractivity contribution in [2.45, 2.75) is 30.7 Å². The monoisotopic (exact) mass is 145 g/mol. The van der Waals surface area contributed by atoms with Crippen molar-refractivity contribution in [2.24, 2.45) is 17.6 Å². The van der Waals surface area contributed by atoms with Gasteiger partial charge in [-0.1, -0.05) is 0 Å². The van der Waals surface area contributed by atoms with Gasteiger partial charge in [-0.2, -0.15) is 0 Å². The summed E-state index contributed by atoms with van der Waals surface area (Å²) in [7, 11) is 0. The zero-order valence-corrected chi connectivity index (χ0v) is 6.14. The predicted molar refractivity (Wildman–Crippen MR) is 38.4 cm³/mol. The fraction of sp³-hybridized carbons (Fsp3) is 1.00. The van der Waals surface area contributed by atoms with Gasteiger partial charge in [0.15, 0.2) is 0 Å². The minimum absolute atomic E-state index is 0.402. The minimum Gasteiger partial charge on any atom is -0.327 e. The highest BCUT2D eigenvalue weighted by atomic mass is 35.5. The van der Waals surface area contributed by atoms with Gasteiger partial charge in [-0.25, -0.2) is 0 Å². The zero-order chi connectivity index (χ0) is 6.43. The Morgan fingerprint density at radius 2 is 2.00 bits per heavy atom. The Bertz CT molecular complexity index is 114. The molecule has 0 unspecified atom stereocenters. The Kier molecular flexibility index (Phi) is 1.24. The van der Waals surface area contributed by atoms with Gasteiger partial charge in [-0.3, -0.25) is 0 Å². The molecule has 0 radical (unpaired) electrons. The Hall–Kier alpha value is 0.250. The lowest BCUT2D eigenvalue weighted by atomic mass is 9.96. The van der Waals surface area contributed by atoms with Crippen molar-refractivity contribution < 1.29 is 0 Å². The van der Waals surface area contributed by atoms with Gasteiger partial charge in [0.05, 0.1) is 0 Å². The van der Waals surface area contributed by atoms with Gasteiger partial charge < -0.3 is 5.73 Å². The highest BCUT2D eigenvalue weighted by Gasteiger charge is 2.43. The first kappa shape index (κ1) is 5.99. The van der Waals surface area contributed by atoms with E-state index in [9.17, 15) is 0 Å². The average Bonchev–Trinajstić information content (AvgIpc) is 2.22. The van der Waals surface area contributed by atoms with Gasteiger partial charge >= 0.3 is 0 Å². The van der Waals surface area contributed by atoms with Crippen LogP contribution in [0.1, 0.15) is 19.3 Å². The van der Waals surface area contributed by atoms with Crippen molar-refractivity contribution in [1.82, 2.24) is 0 Å². The molecule has 2 bridgehead atoms. The molecule has 0 aromatic carbocycles. The number of hydrogen-bond donors (Lipinski definition) is 1. The van der Waals surface area contributed by atoms with Crippen molar-refractivity contribution >= 4 is 11.6 Å². The van der Waals surface area contributed by atoms with Gasteiger partial charge in [0, 0.05) is 11.4 Å². The molecule has 2 aliphatic rings. The van der Waals surface area contributed by atoms with Crippen molar-refractivity contribution in [3.63, 3.8) is 0 Å². The summed E-state index contributed by atoms with van der Waals surface area (Å²) in [4.78, 5) is 0. The fourth-order valence-corrected chi connectivity index (χ4v) is 2.86. The summed E-state index contributed by atoms with van der Waals surface area (Å²) in [6.07, 6.45) is 3.75. The van der Waals surface area contributed by atoms with Gasteiger partial charge in [-0.15, -0.1) is 11.6 Å². The van der Waals surface area contributed by atoms with Crippen LogP contribution in [0, 0.1) is 11.8 Å². The molecule has 2 rings (SSSR count). The average molecular weight is 146 g/mol. The Morgan fingerprint density at radius 3 is 2.33 bits per heavy atom. The summed E-state index contributed by atoms with van der Waals surface area (Å²) < 4.78 is 0. The maximum atomic E-state index is 6.02. The predicted octanol–water partition coefficient (Wildman–Crippen LogP) is 1.35. The molecule has 9 heavy (non-hydrogen) atoms. The largest absolute Gasteiger partial charge is 0.327 e. The second-order valence-corrected chi connectivity index (χ2v) is 3.98. The first-order valence-corrected chi connectivity index (χ1v) is 4.10. The third-order valence-electron chi connectivity index (χ3n) is 2.78. The first-order chi connectivity index (χ1) is 4.27. The zero-order valence-electron chi connectivity index (χ0n) is 5.39. The highest BCUT2D eigenvalue weighted by Crippen LogP contribution is 2.46. The highest BCUT2D eigenvalue weighted by molar-refractivity contribution is 6.21. The third-order valence-corrected chi connectivity index (χ3v) is 3.29. The van der Waals surface area contributed by atoms with E-state index in [0.717, 1.165) is 5.92 Å². The summed E-state index contributed by atoms with van der Waals surface area (Å²) >= 11 is 6.02. The molecule has 0 heterocycles. The Morgan fingerprint density at radius 1 is 1.22 bits per heavy atom. The van der Waals surface area contributed by atoms with Crippen LogP contribution in [0.4, 0.5) is 0 Å². The molecule has 1 nitrogen and oxygen atoms in total. The maximum absolute atomic E-state index is 6.02. The van der Waals surface area contributed by atoms with E-state index in [0.29, 0.717) is 17.3 Å². The SMILES string of the molecule is N[C@@H]1C[C@@H]2C[C@H]1[C@H](Cl)C2. The van der Waals surface area contributed by atoms with E-state index in [4.69, 9.17) is 17.3 Å². The van der Waals surface area contributed by atoms with Crippen molar-refractivity contribution in [1.29, 1.82) is 0 Å². The maximum Gasteiger partial charge on any atom is 0.0381 e. The summed E-state index contributed by atoms with van der Waals surface area (Å²) in [6.45, 7) is 0. The molecule has 0 aromatic heterocycles. The van der Waals surface area contributed by atoms with E-state index >= 15 is 0 Å². The molecule has 2 fully saturated rings. The number of fused-ring (bicyclic) bond motifs is 2. The van der Waals surface area contributed by atoms with Crippen LogP contribution in [0.15, 0.2) is 0 Å². The standard InChI is InChI=1S/C7H12ClN/c8-6-2-4-1-5(6)7(9)3-4/h4-7H,1-3,9H2/t4-,5+,6-,7-/m1/s1. The van der Waals surface area contributed by atoms with Crippen LogP contribution in [0.25, 0.3) is 0 Å². The fourth-order valence-electron chi connectivity index (χ4n) is 2.32. The second-order valence-electron chi connectivity index (χ2n) is 3.42. The molecular weight excluding hydrogens is 134 g/mol. The lowest BCUT2D eigenvalue weighted by molar-refractivity contribution is 0.424. The molecule has 0 saturated heterocycles. The van der Waals surface area contributed by atoms with Crippen LogP contribution in [0.2, 0.25) is 0 Å². The number of halogens is 1. The first-order valence-electron chi connectivity index (χ1n) is 3.67. The number of rotatable bonds is 0. The lowest BCUT2D eigenvalue weighted by Crippen LogP contribution is -2.32. The summed E-state index contributed by atoms with van der Waals surface area (Å²) in [5.41, 5.74) is 5.83. The van der Waals surface area contributed by atoms with Crippen molar-refractivity contribution in [2.75, 3.05) is 0 Å². The van der Waals surface area contributed by atoms with Gasteiger partial charge in [0.2, 0.25) is 0 Å². The van der Waals surface area contributed by atoms with E-state index in [1.807, 2.05) is 0 Å². The van der Waals surface area contributed by atoms with E-state index in [1.54, 1.807) is 0 Å². The van der Waals surface area contributed by atoms with Gasteiger partial charge in [-0.05, 0) is 31.1 Å². The molecule has 2 saturated carbocycles. The number of alkyl halides is 1. The van der Waals surface area contributed by atoms with Crippen LogP contribution in [0.5, 0.6) is 0 Å².